The molecule has 0 aliphatic carbocycles. The maximum atomic E-state index is 12.2. The van der Waals surface area contributed by atoms with Crippen molar-refractivity contribution in [2.45, 2.75) is 6.18 Å². The van der Waals surface area contributed by atoms with Gasteiger partial charge in [0, 0.05) is 11.8 Å². The molecule has 0 atom stereocenters. The Morgan fingerprint density at radius 3 is 2.57 bits per heavy atom. The van der Waals surface area contributed by atoms with Crippen LogP contribution in [-0.2, 0) is 6.18 Å². The molecular weight excluding hydrogens is 197 g/mol. The molecule has 6 heteroatoms. The van der Waals surface area contributed by atoms with Crippen LogP contribution >= 0.6 is 0 Å². The van der Waals surface area contributed by atoms with E-state index in [0.717, 1.165) is 6.20 Å². The summed E-state index contributed by atoms with van der Waals surface area (Å²) in [6, 6.07) is 1.90. The van der Waals surface area contributed by atoms with Crippen molar-refractivity contribution in [3.05, 3.63) is 29.1 Å². The van der Waals surface area contributed by atoms with E-state index < -0.39 is 17.4 Å². The lowest BCUT2D eigenvalue weighted by molar-refractivity contribution is -0.138. The first-order valence-corrected chi connectivity index (χ1v) is 3.41. The lowest BCUT2D eigenvalue weighted by atomic mass is 10.1. The molecule has 14 heavy (non-hydrogen) atoms. The van der Waals surface area contributed by atoms with Crippen molar-refractivity contribution in [3.63, 3.8) is 0 Å². The smallest absolute Gasteiger partial charge is 0.298 e. The van der Waals surface area contributed by atoms with Crippen LogP contribution in [0, 0.1) is 11.3 Å². The molecule has 0 N–H and O–H groups in total. The summed E-state index contributed by atoms with van der Waals surface area (Å²) >= 11 is 0. The number of hydrogen-bond donors (Lipinski definition) is 0. The van der Waals surface area contributed by atoms with Gasteiger partial charge in [-0.05, 0) is 6.07 Å². The fourth-order valence-corrected chi connectivity index (χ4v) is 0.851. The molecule has 0 unspecified atom stereocenters. The van der Waals surface area contributed by atoms with Gasteiger partial charge in [0.05, 0.1) is 5.56 Å². The molecule has 0 spiro atoms. The Labute approximate surface area is 76.8 Å². The van der Waals surface area contributed by atoms with E-state index >= 15 is 0 Å². The number of pyridine rings is 1. The third kappa shape index (κ3) is 1.88. The largest absolute Gasteiger partial charge is 0.419 e. The van der Waals surface area contributed by atoms with E-state index in [1.165, 1.54) is 6.07 Å². The van der Waals surface area contributed by atoms with Crippen LogP contribution in [0.25, 0.3) is 0 Å². The first-order chi connectivity index (χ1) is 6.49. The standard InChI is InChI=1S/C8H3F3N2O/c9-8(10,11)6-1-5(4-14)3-13-7(6)2-12/h1,3-4H. The molecule has 0 aliphatic rings. The average Bonchev–Trinajstić information content (AvgIpc) is 2.15. The van der Waals surface area contributed by atoms with Crippen molar-refractivity contribution in [2.24, 2.45) is 0 Å². The molecule has 0 bridgehead atoms. The molecule has 0 radical (unpaired) electrons. The Hall–Kier alpha value is -1.90. The third-order valence-corrected chi connectivity index (χ3v) is 1.46. The van der Waals surface area contributed by atoms with Crippen molar-refractivity contribution in [1.29, 1.82) is 5.26 Å². The van der Waals surface area contributed by atoms with Crippen LogP contribution in [0.1, 0.15) is 21.6 Å². The zero-order valence-electron chi connectivity index (χ0n) is 6.67. The molecular formula is C8H3F3N2O. The van der Waals surface area contributed by atoms with E-state index in [1.807, 2.05) is 0 Å². The van der Waals surface area contributed by atoms with Crippen LogP contribution in [0.5, 0.6) is 0 Å². The molecule has 1 aromatic heterocycles. The fraction of sp³-hybridized carbons (Fsp3) is 0.125. The van der Waals surface area contributed by atoms with Gasteiger partial charge in [-0.15, -0.1) is 0 Å². The molecule has 1 heterocycles. The molecule has 0 saturated carbocycles. The first kappa shape index (κ1) is 10.2. The Balaban J connectivity index is 3.38. The van der Waals surface area contributed by atoms with E-state index in [-0.39, 0.29) is 11.8 Å². The normalized spacial score (nSPS) is 10.7. The van der Waals surface area contributed by atoms with E-state index in [9.17, 15) is 18.0 Å². The fourth-order valence-electron chi connectivity index (χ4n) is 0.851. The Bertz CT molecular complexity index is 406. The minimum absolute atomic E-state index is 0.212. The van der Waals surface area contributed by atoms with Crippen molar-refractivity contribution in [2.75, 3.05) is 0 Å². The van der Waals surface area contributed by atoms with Crippen LogP contribution in [0.4, 0.5) is 13.2 Å². The summed E-state index contributed by atoms with van der Waals surface area (Å²) in [6.07, 6.45) is -3.51. The summed E-state index contributed by atoms with van der Waals surface area (Å²) in [4.78, 5) is 13.4. The highest BCUT2D eigenvalue weighted by Gasteiger charge is 2.34. The maximum absolute atomic E-state index is 12.2. The monoisotopic (exact) mass is 200 g/mol. The van der Waals surface area contributed by atoms with Gasteiger partial charge in [-0.2, -0.15) is 18.4 Å². The number of hydrogen-bond acceptors (Lipinski definition) is 3. The molecule has 0 aromatic carbocycles. The van der Waals surface area contributed by atoms with Crippen molar-refractivity contribution in [3.8, 4) is 6.07 Å². The van der Waals surface area contributed by atoms with Gasteiger partial charge in [0.25, 0.3) is 0 Å². The van der Waals surface area contributed by atoms with E-state index in [1.54, 1.807) is 0 Å². The second-order valence-corrected chi connectivity index (χ2v) is 2.39. The third-order valence-electron chi connectivity index (χ3n) is 1.46. The summed E-state index contributed by atoms with van der Waals surface area (Å²) in [7, 11) is 0. The number of rotatable bonds is 1. The van der Waals surface area contributed by atoms with Gasteiger partial charge in [0.15, 0.2) is 12.0 Å². The number of alkyl halides is 3. The SMILES string of the molecule is N#Cc1ncc(C=O)cc1C(F)(F)F. The average molecular weight is 200 g/mol. The van der Waals surface area contributed by atoms with Gasteiger partial charge >= 0.3 is 6.18 Å². The number of aromatic nitrogens is 1. The molecule has 0 aliphatic heterocycles. The van der Waals surface area contributed by atoms with Crippen molar-refractivity contribution < 1.29 is 18.0 Å². The Kier molecular flexibility index (Phi) is 2.51. The predicted octanol–water partition coefficient (Wildman–Crippen LogP) is 1.78. The summed E-state index contributed by atoms with van der Waals surface area (Å²) in [5, 5.41) is 8.34. The number of halogens is 3. The molecule has 0 fully saturated rings. The molecule has 0 saturated heterocycles. The van der Waals surface area contributed by atoms with Crippen LogP contribution in [-0.4, -0.2) is 11.3 Å². The molecule has 1 aromatic rings. The van der Waals surface area contributed by atoms with E-state index in [4.69, 9.17) is 5.26 Å². The highest BCUT2D eigenvalue weighted by molar-refractivity contribution is 5.74. The van der Waals surface area contributed by atoms with Crippen molar-refractivity contribution >= 4 is 6.29 Å². The molecule has 72 valence electrons. The molecule has 1 rings (SSSR count). The number of aldehydes is 1. The summed E-state index contributed by atoms with van der Waals surface area (Å²) in [6.45, 7) is 0. The Morgan fingerprint density at radius 1 is 1.50 bits per heavy atom. The second kappa shape index (κ2) is 3.46. The van der Waals surface area contributed by atoms with Gasteiger partial charge in [-0.1, -0.05) is 0 Å². The number of nitrogens with zero attached hydrogens (tertiary/aromatic N) is 2. The molecule has 3 nitrogen and oxygen atoms in total. The van der Waals surface area contributed by atoms with Gasteiger partial charge in [-0.3, -0.25) is 4.79 Å². The first-order valence-electron chi connectivity index (χ1n) is 3.41. The van der Waals surface area contributed by atoms with Crippen LogP contribution in [0.2, 0.25) is 0 Å². The van der Waals surface area contributed by atoms with Gasteiger partial charge in [-0.25, -0.2) is 4.98 Å². The highest BCUT2D eigenvalue weighted by atomic mass is 19.4. The minimum Gasteiger partial charge on any atom is -0.298 e. The lowest BCUT2D eigenvalue weighted by Crippen LogP contribution is -2.10. The number of carbonyl (C=O) groups is 1. The summed E-state index contributed by atoms with van der Waals surface area (Å²) in [5.41, 5.74) is -2.14. The maximum Gasteiger partial charge on any atom is 0.419 e. The van der Waals surface area contributed by atoms with Crippen LogP contribution < -0.4 is 0 Å². The number of carbonyl (C=O) groups excluding carboxylic acids is 1. The quantitative estimate of drug-likeness (QED) is 0.649. The van der Waals surface area contributed by atoms with Gasteiger partial charge in [0.2, 0.25) is 0 Å². The van der Waals surface area contributed by atoms with Gasteiger partial charge < -0.3 is 0 Å². The zero-order chi connectivity index (χ0) is 10.8. The van der Waals surface area contributed by atoms with E-state index in [0.29, 0.717) is 6.07 Å². The minimum atomic E-state index is -4.67. The van der Waals surface area contributed by atoms with Crippen LogP contribution in [0.3, 0.4) is 0 Å². The predicted molar refractivity (Wildman–Crippen MR) is 39.3 cm³/mol. The number of nitriles is 1. The molecule has 0 amide bonds. The summed E-state index contributed by atoms with van der Waals surface area (Å²) < 4.78 is 36.7. The van der Waals surface area contributed by atoms with Crippen LogP contribution in [0.15, 0.2) is 12.3 Å². The highest BCUT2D eigenvalue weighted by Crippen LogP contribution is 2.31. The zero-order valence-corrected chi connectivity index (χ0v) is 6.67. The second-order valence-electron chi connectivity index (χ2n) is 2.39. The summed E-state index contributed by atoms with van der Waals surface area (Å²) in [5.74, 6) is 0. The lowest BCUT2D eigenvalue weighted by Gasteiger charge is -2.07. The Morgan fingerprint density at radius 2 is 2.14 bits per heavy atom. The van der Waals surface area contributed by atoms with E-state index in [2.05, 4.69) is 4.98 Å². The van der Waals surface area contributed by atoms with Gasteiger partial charge in [0.1, 0.15) is 6.07 Å². The topological polar surface area (TPSA) is 53.8 Å². The van der Waals surface area contributed by atoms with Crippen molar-refractivity contribution in [1.82, 2.24) is 4.98 Å².